The van der Waals surface area contributed by atoms with Crippen LogP contribution < -0.4 is 15.2 Å². The molecule has 0 radical (unpaired) electrons. The van der Waals surface area contributed by atoms with Crippen LogP contribution in [-0.4, -0.2) is 22.1 Å². The third-order valence-corrected chi connectivity index (χ3v) is 2.56. The number of aryl methyl sites for hydroxylation is 1. The molecule has 0 aliphatic carbocycles. The highest BCUT2D eigenvalue weighted by molar-refractivity contribution is 7.80. The molecule has 0 fully saturated rings. The van der Waals surface area contributed by atoms with E-state index in [9.17, 15) is 0 Å². The van der Waals surface area contributed by atoms with Crippen molar-refractivity contribution in [3.8, 4) is 17.5 Å². The van der Waals surface area contributed by atoms with E-state index in [1.807, 2.05) is 6.92 Å². The van der Waals surface area contributed by atoms with Crippen molar-refractivity contribution in [3.05, 3.63) is 41.7 Å². The molecule has 0 saturated heterocycles. The van der Waals surface area contributed by atoms with Gasteiger partial charge in [0.1, 0.15) is 22.2 Å². The van der Waals surface area contributed by atoms with E-state index in [0.717, 1.165) is 11.4 Å². The lowest BCUT2D eigenvalue weighted by molar-refractivity contribution is 0.410. The molecule has 2 N–H and O–H groups in total. The van der Waals surface area contributed by atoms with Gasteiger partial charge >= 0.3 is 6.01 Å². The number of hydrogen-bond donors (Lipinski definition) is 1. The van der Waals surface area contributed by atoms with Crippen LogP contribution in [-0.2, 0) is 0 Å². The number of nitrogens with two attached hydrogens (primary N) is 1. The summed E-state index contributed by atoms with van der Waals surface area (Å²) in [5.74, 6) is 1.36. The first kappa shape index (κ1) is 13.2. The molecule has 5 nitrogen and oxygen atoms in total. The van der Waals surface area contributed by atoms with Crippen LogP contribution in [0.4, 0.5) is 0 Å². The van der Waals surface area contributed by atoms with Gasteiger partial charge in [-0.25, -0.2) is 4.98 Å². The molecule has 1 aromatic carbocycles. The second kappa shape index (κ2) is 5.62. The van der Waals surface area contributed by atoms with Gasteiger partial charge < -0.3 is 15.2 Å². The number of methoxy groups -OCH3 is 1. The fraction of sp³-hybridized carbons (Fsp3) is 0.154. The zero-order chi connectivity index (χ0) is 13.8. The number of nitrogens with zero attached hydrogens (tertiary/aromatic N) is 2. The second-order valence-electron chi connectivity index (χ2n) is 3.82. The molecule has 0 spiro atoms. The van der Waals surface area contributed by atoms with E-state index in [1.54, 1.807) is 37.4 Å². The van der Waals surface area contributed by atoms with E-state index in [1.165, 1.54) is 0 Å². The molecule has 1 heterocycles. The Kier molecular flexibility index (Phi) is 3.91. The topological polar surface area (TPSA) is 70.3 Å². The van der Waals surface area contributed by atoms with E-state index >= 15 is 0 Å². The number of rotatable bonds is 4. The highest BCUT2D eigenvalue weighted by atomic mass is 32.1. The number of ether oxygens (including phenoxy) is 2. The Bertz CT molecular complexity index is 599. The highest BCUT2D eigenvalue weighted by Gasteiger charge is 2.06. The summed E-state index contributed by atoms with van der Waals surface area (Å²) in [6, 6.07) is 9.05. The first-order chi connectivity index (χ1) is 9.08. The van der Waals surface area contributed by atoms with Crippen LogP contribution in [0.2, 0.25) is 0 Å². The normalized spacial score (nSPS) is 10.0. The summed E-state index contributed by atoms with van der Waals surface area (Å²) in [5, 5.41) is 0. The summed E-state index contributed by atoms with van der Waals surface area (Å²) < 4.78 is 10.6. The van der Waals surface area contributed by atoms with Gasteiger partial charge in [-0.2, -0.15) is 4.98 Å². The predicted octanol–water partition coefficient (Wildman–Crippen LogP) is 2.22. The van der Waals surface area contributed by atoms with Crippen molar-refractivity contribution in [2.75, 3.05) is 7.11 Å². The fourth-order valence-electron chi connectivity index (χ4n) is 1.46. The molecule has 2 aromatic rings. The summed E-state index contributed by atoms with van der Waals surface area (Å²) in [6.07, 6.45) is 0. The van der Waals surface area contributed by atoms with Gasteiger partial charge in [0.2, 0.25) is 0 Å². The fourth-order valence-corrected chi connectivity index (χ4v) is 1.57. The summed E-state index contributed by atoms with van der Waals surface area (Å²) in [4.78, 5) is 8.53. The third-order valence-electron chi connectivity index (χ3n) is 2.35. The van der Waals surface area contributed by atoms with Gasteiger partial charge in [-0.3, -0.25) is 0 Å². The predicted molar refractivity (Wildman–Crippen MR) is 75.7 cm³/mol. The van der Waals surface area contributed by atoms with Crippen molar-refractivity contribution in [3.63, 3.8) is 0 Å². The zero-order valence-corrected chi connectivity index (χ0v) is 11.4. The van der Waals surface area contributed by atoms with E-state index in [-0.39, 0.29) is 11.0 Å². The average molecular weight is 275 g/mol. The van der Waals surface area contributed by atoms with Gasteiger partial charge in [0, 0.05) is 5.69 Å². The number of hydrogen-bond acceptors (Lipinski definition) is 5. The largest absolute Gasteiger partial charge is 0.497 e. The molecule has 0 aliphatic heterocycles. The van der Waals surface area contributed by atoms with Gasteiger partial charge in [-0.1, -0.05) is 12.2 Å². The molecule has 0 bridgehead atoms. The molecule has 0 atom stereocenters. The van der Waals surface area contributed by atoms with Crippen LogP contribution in [0.15, 0.2) is 30.3 Å². The van der Waals surface area contributed by atoms with Gasteiger partial charge in [-0.05, 0) is 37.3 Å². The third kappa shape index (κ3) is 3.38. The lowest BCUT2D eigenvalue weighted by Crippen LogP contribution is -2.13. The molecule has 2 rings (SSSR count). The monoisotopic (exact) mass is 275 g/mol. The molecular formula is C13H13N3O2S. The summed E-state index contributed by atoms with van der Waals surface area (Å²) >= 11 is 4.89. The van der Waals surface area contributed by atoms with Crippen molar-refractivity contribution < 1.29 is 9.47 Å². The Morgan fingerprint density at radius 3 is 2.37 bits per heavy atom. The maximum atomic E-state index is 5.56. The number of benzene rings is 1. The maximum Gasteiger partial charge on any atom is 0.322 e. The van der Waals surface area contributed by atoms with Gasteiger partial charge in [-0.15, -0.1) is 0 Å². The van der Waals surface area contributed by atoms with Gasteiger partial charge in [0.05, 0.1) is 7.11 Å². The molecule has 6 heteroatoms. The lowest BCUT2D eigenvalue weighted by Gasteiger charge is -2.07. The molecule has 0 aliphatic rings. The van der Waals surface area contributed by atoms with E-state index < -0.39 is 0 Å². The minimum atomic E-state index is 0.213. The Hall–Kier alpha value is -2.21. The molecule has 19 heavy (non-hydrogen) atoms. The van der Waals surface area contributed by atoms with Crippen molar-refractivity contribution in [1.82, 2.24) is 9.97 Å². The summed E-state index contributed by atoms with van der Waals surface area (Å²) in [7, 11) is 1.61. The van der Waals surface area contributed by atoms with Crippen molar-refractivity contribution >= 4 is 17.2 Å². The van der Waals surface area contributed by atoms with E-state index in [0.29, 0.717) is 11.4 Å². The Balaban J connectivity index is 2.24. The van der Waals surface area contributed by atoms with Gasteiger partial charge in [0.25, 0.3) is 0 Å². The Morgan fingerprint density at radius 2 is 1.79 bits per heavy atom. The van der Waals surface area contributed by atoms with E-state index in [4.69, 9.17) is 27.4 Å². The zero-order valence-electron chi connectivity index (χ0n) is 10.6. The highest BCUT2D eigenvalue weighted by Crippen LogP contribution is 2.21. The molecule has 0 saturated carbocycles. The van der Waals surface area contributed by atoms with Crippen LogP contribution in [0.5, 0.6) is 17.5 Å². The van der Waals surface area contributed by atoms with Crippen LogP contribution in [0, 0.1) is 6.92 Å². The second-order valence-corrected chi connectivity index (χ2v) is 4.26. The lowest BCUT2D eigenvalue weighted by atomic mass is 10.3. The van der Waals surface area contributed by atoms with Crippen LogP contribution in [0.1, 0.15) is 11.4 Å². The first-order valence-electron chi connectivity index (χ1n) is 5.56. The molecule has 0 unspecified atom stereocenters. The van der Waals surface area contributed by atoms with Crippen molar-refractivity contribution in [2.45, 2.75) is 6.92 Å². The standard InChI is InChI=1S/C13H13N3O2S/c1-8-7-11(12(14)19)16-13(15-8)18-10-5-3-9(17-2)4-6-10/h3-7H,1-2H3,(H2,14,19). The molecule has 0 amide bonds. The average Bonchev–Trinajstić information content (AvgIpc) is 2.39. The molecular weight excluding hydrogens is 262 g/mol. The van der Waals surface area contributed by atoms with Gasteiger partial charge in [0.15, 0.2) is 0 Å². The minimum absolute atomic E-state index is 0.213. The molecule has 1 aromatic heterocycles. The Labute approximate surface area is 116 Å². The molecule has 98 valence electrons. The maximum absolute atomic E-state index is 5.56. The Morgan fingerprint density at radius 1 is 1.16 bits per heavy atom. The van der Waals surface area contributed by atoms with Crippen molar-refractivity contribution in [2.24, 2.45) is 5.73 Å². The minimum Gasteiger partial charge on any atom is -0.497 e. The van der Waals surface area contributed by atoms with Crippen LogP contribution >= 0.6 is 12.2 Å². The smallest absolute Gasteiger partial charge is 0.322 e. The van der Waals surface area contributed by atoms with Crippen molar-refractivity contribution in [1.29, 1.82) is 0 Å². The number of aromatic nitrogens is 2. The number of thiocarbonyl (C=S) groups is 1. The summed E-state index contributed by atoms with van der Waals surface area (Å²) in [5.41, 5.74) is 6.78. The first-order valence-corrected chi connectivity index (χ1v) is 5.96. The quantitative estimate of drug-likeness (QED) is 0.863. The SMILES string of the molecule is COc1ccc(Oc2nc(C)cc(C(N)=S)n2)cc1. The van der Waals surface area contributed by atoms with Crippen LogP contribution in [0.3, 0.4) is 0 Å². The van der Waals surface area contributed by atoms with E-state index in [2.05, 4.69) is 9.97 Å². The summed E-state index contributed by atoms with van der Waals surface area (Å²) in [6.45, 7) is 1.82. The van der Waals surface area contributed by atoms with Crippen LogP contribution in [0.25, 0.3) is 0 Å².